The molecule has 1 unspecified atom stereocenters. The monoisotopic (exact) mass is 436 g/mol. The molecular formula is C24H18F2N2O2S. The highest BCUT2D eigenvalue weighted by molar-refractivity contribution is 7.81. The lowest BCUT2D eigenvalue weighted by molar-refractivity contribution is -0.115. The summed E-state index contributed by atoms with van der Waals surface area (Å²) in [7, 11) is 0. The number of carbonyl (C=O) groups is 1. The Hall–Kier alpha value is -3.45. The summed E-state index contributed by atoms with van der Waals surface area (Å²) < 4.78 is 32.8. The molecular weight excluding hydrogens is 418 g/mol. The molecule has 4 aromatic rings. The second kappa shape index (κ2) is 8.73. The highest BCUT2D eigenvalue weighted by Gasteiger charge is 2.23. The molecule has 0 aliphatic rings. The van der Waals surface area contributed by atoms with Crippen molar-refractivity contribution >= 4 is 24.2 Å². The number of nitrogens with zero attached hydrogens (tertiary/aromatic N) is 1. The van der Waals surface area contributed by atoms with Crippen LogP contribution in [0.3, 0.4) is 0 Å². The molecule has 1 aromatic heterocycles. The smallest absolute Gasteiger partial charge is 0.241 e. The third-order valence-corrected chi connectivity index (χ3v) is 5.47. The average Bonchev–Trinajstić information content (AvgIpc) is 3.29. The van der Waals surface area contributed by atoms with Crippen LogP contribution in [0, 0.1) is 18.6 Å². The van der Waals surface area contributed by atoms with Crippen LogP contribution in [0.5, 0.6) is 0 Å². The molecule has 31 heavy (non-hydrogen) atoms. The lowest BCUT2D eigenvalue weighted by Crippen LogP contribution is -2.19. The van der Waals surface area contributed by atoms with E-state index in [0.29, 0.717) is 11.6 Å². The lowest BCUT2D eigenvalue weighted by atomic mass is 9.94. The van der Waals surface area contributed by atoms with Gasteiger partial charge in [-0.1, -0.05) is 42.5 Å². The maximum absolute atomic E-state index is 14.1. The number of amides is 1. The van der Waals surface area contributed by atoms with Crippen LogP contribution >= 0.6 is 12.6 Å². The third kappa shape index (κ3) is 4.22. The van der Waals surface area contributed by atoms with Crippen molar-refractivity contribution in [3.63, 3.8) is 0 Å². The number of rotatable bonds is 5. The standard InChI is InChI=1S/C24H18F2N2O2S/c1-14-20(28-23(29)22(31)18-8-7-16(25)13-19(18)26)10-9-17(15-5-3-2-4-6-15)21(14)24-27-11-12-30-24/h2-13,22,31H,1H3,(H,28,29). The zero-order valence-electron chi connectivity index (χ0n) is 16.5. The summed E-state index contributed by atoms with van der Waals surface area (Å²) in [5, 5.41) is 1.67. The Labute approximate surface area is 183 Å². The first kappa shape index (κ1) is 20.8. The summed E-state index contributed by atoms with van der Waals surface area (Å²) in [5.74, 6) is -1.67. The Kier molecular flexibility index (Phi) is 5.86. The van der Waals surface area contributed by atoms with E-state index in [1.165, 1.54) is 12.3 Å². The van der Waals surface area contributed by atoms with Gasteiger partial charge in [0.1, 0.15) is 23.1 Å². The summed E-state index contributed by atoms with van der Waals surface area (Å²) >= 11 is 4.24. The summed E-state index contributed by atoms with van der Waals surface area (Å²) in [6, 6.07) is 16.4. The second-order valence-corrected chi connectivity index (χ2v) is 7.44. The normalized spacial score (nSPS) is 11.9. The molecule has 1 atom stereocenters. The molecule has 4 nitrogen and oxygen atoms in total. The fourth-order valence-corrected chi connectivity index (χ4v) is 3.67. The molecule has 0 bridgehead atoms. The summed E-state index contributed by atoms with van der Waals surface area (Å²) in [5.41, 5.74) is 3.84. The van der Waals surface area contributed by atoms with Gasteiger partial charge in [0.15, 0.2) is 0 Å². The molecule has 3 aromatic carbocycles. The van der Waals surface area contributed by atoms with Crippen LogP contribution in [0.2, 0.25) is 0 Å². The molecule has 7 heteroatoms. The van der Waals surface area contributed by atoms with E-state index in [0.717, 1.165) is 34.4 Å². The van der Waals surface area contributed by atoms with E-state index in [1.807, 2.05) is 43.3 Å². The topological polar surface area (TPSA) is 55.1 Å². The Morgan fingerprint density at radius 2 is 1.87 bits per heavy atom. The fraction of sp³-hybridized carbons (Fsp3) is 0.0833. The van der Waals surface area contributed by atoms with Crippen LogP contribution in [0.25, 0.3) is 22.6 Å². The van der Waals surface area contributed by atoms with E-state index in [-0.39, 0.29) is 5.56 Å². The van der Waals surface area contributed by atoms with Gasteiger partial charge in [0, 0.05) is 22.9 Å². The van der Waals surface area contributed by atoms with Crippen LogP contribution < -0.4 is 5.32 Å². The summed E-state index contributed by atoms with van der Waals surface area (Å²) in [6.45, 7) is 1.84. The van der Waals surface area contributed by atoms with E-state index >= 15 is 0 Å². The van der Waals surface area contributed by atoms with Crippen LogP contribution in [-0.2, 0) is 4.79 Å². The minimum Gasteiger partial charge on any atom is -0.444 e. The molecule has 1 amide bonds. The van der Waals surface area contributed by atoms with Crippen molar-refractivity contribution in [2.24, 2.45) is 0 Å². The van der Waals surface area contributed by atoms with E-state index in [2.05, 4.69) is 22.9 Å². The van der Waals surface area contributed by atoms with Crippen molar-refractivity contribution in [1.82, 2.24) is 4.98 Å². The van der Waals surface area contributed by atoms with Crippen LogP contribution in [-0.4, -0.2) is 10.9 Å². The largest absolute Gasteiger partial charge is 0.444 e. The van der Waals surface area contributed by atoms with Crippen molar-refractivity contribution < 1.29 is 18.0 Å². The molecule has 0 saturated heterocycles. The van der Waals surface area contributed by atoms with Gasteiger partial charge in [0.05, 0.1) is 6.20 Å². The van der Waals surface area contributed by atoms with Crippen molar-refractivity contribution in [1.29, 1.82) is 0 Å². The Balaban J connectivity index is 1.71. The predicted molar refractivity (Wildman–Crippen MR) is 119 cm³/mol. The first-order chi connectivity index (χ1) is 15.0. The number of halogens is 2. The van der Waals surface area contributed by atoms with Gasteiger partial charge in [0.2, 0.25) is 11.8 Å². The predicted octanol–water partition coefficient (Wildman–Crippen LogP) is 6.20. The van der Waals surface area contributed by atoms with E-state index < -0.39 is 22.8 Å². The second-order valence-electron chi connectivity index (χ2n) is 6.92. The fourth-order valence-electron chi connectivity index (χ4n) is 3.39. The van der Waals surface area contributed by atoms with Gasteiger partial charge in [-0.2, -0.15) is 12.6 Å². The van der Waals surface area contributed by atoms with Gasteiger partial charge >= 0.3 is 0 Å². The molecule has 0 aliphatic carbocycles. The van der Waals surface area contributed by atoms with Gasteiger partial charge in [-0.3, -0.25) is 4.79 Å². The average molecular weight is 436 g/mol. The van der Waals surface area contributed by atoms with Crippen LogP contribution in [0.15, 0.2) is 77.5 Å². The van der Waals surface area contributed by atoms with Crippen molar-refractivity contribution in [2.45, 2.75) is 12.2 Å². The molecule has 0 aliphatic heterocycles. The van der Waals surface area contributed by atoms with Gasteiger partial charge < -0.3 is 9.73 Å². The van der Waals surface area contributed by atoms with Crippen molar-refractivity contribution in [3.8, 4) is 22.6 Å². The number of carbonyl (C=O) groups excluding carboxylic acids is 1. The van der Waals surface area contributed by atoms with Gasteiger partial charge in [-0.25, -0.2) is 13.8 Å². The van der Waals surface area contributed by atoms with E-state index in [9.17, 15) is 13.6 Å². The Bertz CT molecular complexity index is 1230. The molecule has 0 spiro atoms. The Morgan fingerprint density at radius 1 is 1.10 bits per heavy atom. The minimum absolute atomic E-state index is 0.00582. The molecule has 1 heterocycles. The molecule has 4 rings (SSSR count). The van der Waals surface area contributed by atoms with Crippen molar-refractivity contribution in [2.75, 3.05) is 5.32 Å². The zero-order chi connectivity index (χ0) is 22.0. The highest BCUT2D eigenvalue weighted by Crippen LogP contribution is 2.38. The number of oxazole rings is 1. The maximum atomic E-state index is 14.1. The first-order valence-electron chi connectivity index (χ1n) is 9.48. The number of aromatic nitrogens is 1. The first-order valence-corrected chi connectivity index (χ1v) is 10.00. The van der Waals surface area contributed by atoms with Gasteiger partial charge in [0.25, 0.3) is 0 Å². The number of thiol groups is 1. The summed E-state index contributed by atoms with van der Waals surface area (Å²) in [6.07, 6.45) is 3.03. The Morgan fingerprint density at radius 3 is 2.55 bits per heavy atom. The molecule has 0 fully saturated rings. The SMILES string of the molecule is Cc1c(NC(=O)C(S)c2ccc(F)cc2F)ccc(-c2ccccc2)c1-c1ncco1. The van der Waals surface area contributed by atoms with Crippen LogP contribution in [0.4, 0.5) is 14.5 Å². The van der Waals surface area contributed by atoms with E-state index in [4.69, 9.17) is 4.42 Å². The minimum atomic E-state index is -1.11. The van der Waals surface area contributed by atoms with Crippen molar-refractivity contribution in [3.05, 3.63) is 95.9 Å². The molecule has 1 N–H and O–H groups in total. The number of anilines is 1. The van der Waals surface area contributed by atoms with Gasteiger partial charge in [-0.15, -0.1) is 0 Å². The zero-order valence-corrected chi connectivity index (χ0v) is 17.4. The number of hydrogen-bond donors (Lipinski definition) is 2. The number of nitrogens with one attached hydrogen (secondary N) is 1. The quantitative estimate of drug-likeness (QED) is 0.366. The van der Waals surface area contributed by atoms with Gasteiger partial charge in [-0.05, 0) is 35.7 Å². The third-order valence-electron chi connectivity index (χ3n) is 4.96. The number of benzene rings is 3. The number of hydrogen-bond acceptors (Lipinski definition) is 4. The highest BCUT2D eigenvalue weighted by atomic mass is 32.1. The lowest BCUT2D eigenvalue weighted by Gasteiger charge is -2.17. The molecule has 0 saturated carbocycles. The molecule has 0 radical (unpaired) electrons. The summed E-state index contributed by atoms with van der Waals surface area (Å²) in [4.78, 5) is 17.0. The molecule has 156 valence electrons. The maximum Gasteiger partial charge on any atom is 0.241 e. The van der Waals surface area contributed by atoms with Crippen LogP contribution in [0.1, 0.15) is 16.4 Å². The van der Waals surface area contributed by atoms with E-state index in [1.54, 1.807) is 12.3 Å².